The topological polar surface area (TPSA) is 199 Å². The maximum atomic E-state index is 12.3. The zero-order valence-electron chi connectivity index (χ0n) is 34.8. The molecule has 0 bridgehead atoms. The molecule has 8 N–H and O–H groups in total. The van der Waals surface area contributed by atoms with Crippen molar-refractivity contribution in [3.63, 3.8) is 0 Å². The van der Waals surface area contributed by atoms with Gasteiger partial charge in [0.05, 0.1) is 31.0 Å². The number of allylic oxidation sites excluding steroid dienone is 4. The largest absolute Gasteiger partial charge is 0.394 e. The van der Waals surface area contributed by atoms with Crippen molar-refractivity contribution >= 4 is 0 Å². The minimum Gasteiger partial charge on any atom is -0.394 e. The van der Waals surface area contributed by atoms with Crippen molar-refractivity contribution < 1.29 is 59.8 Å². The standard InChI is InChI=1S/C43H72O12/c1-21(2)12-11-13-22(3)24-14-16-41(8)30(24)25(45)18-27-40(7)17-15-28(46)39(5,6)43(40,10)29(19-42(27,41)9)54-38-36(34(50)32(48)26(20-44)53-38)55-37-35(51)33(49)31(47)23(4)52-37/h12-13,23-38,44-51H,11,14-20H2,1-10H3/b22-13-/t23-,24+,25+,26+,27+,28-,29-,30-,31-,32+,33+,34-,35+,36+,37-,38-,40+,41+,42+,43-/m0/s1. The van der Waals surface area contributed by atoms with E-state index in [0.717, 1.165) is 19.3 Å². The van der Waals surface area contributed by atoms with Gasteiger partial charge < -0.3 is 59.8 Å². The lowest BCUT2D eigenvalue weighted by atomic mass is 9.30. The van der Waals surface area contributed by atoms with Crippen LogP contribution in [0.4, 0.5) is 0 Å². The summed E-state index contributed by atoms with van der Waals surface area (Å²) in [5.74, 6) is 0.339. The van der Waals surface area contributed by atoms with E-state index in [9.17, 15) is 40.9 Å². The highest BCUT2D eigenvalue weighted by Gasteiger charge is 2.76. The zero-order chi connectivity index (χ0) is 40.8. The van der Waals surface area contributed by atoms with Gasteiger partial charge in [0.15, 0.2) is 12.6 Å². The van der Waals surface area contributed by atoms with Crippen LogP contribution in [-0.2, 0) is 18.9 Å². The molecule has 6 rings (SSSR count). The maximum Gasteiger partial charge on any atom is 0.187 e. The minimum atomic E-state index is -1.69. The molecular formula is C43H72O12. The first-order valence-electron chi connectivity index (χ1n) is 20.8. The van der Waals surface area contributed by atoms with Crippen molar-refractivity contribution in [1.82, 2.24) is 0 Å². The number of hydrogen-bond acceptors (Lipinski definition) is 12. The monoisotopic (exact) mass is 781 g/mol. The number of rotatable bonds is 8. The number of hydrogen-bond donors (Lipinski definition) is 8. The molecule has 0 aromatic carbocycles. The number of aliphatic hydroxyl groups is 8. The Balaban J connectivity index is 1.42. The van der Waals surface area contributed by atoms with Gasteiger partial charge in [0.2, 0.25) is 0 Å². The third-order valence-corrected chi connectivity index (χ3v) is 17.2. The van der Waals surface area contributed by atoms with Crippen LogP contribution >= 0.6 is 0 Å². The summed E-state index contributed by atoms with van der Waals surface area (Å²) in [6, 6.07) is 0. The SMILES string of the molecule is CC(C)=CC/C=C(/C)[C@H]1CC[C@]2(C)[C@@H]1[C@H](O)C[C@@H]1[C@@]3(C)CC[C@H](O)C(C)(C)[C@]3(C)[C@@H](O[C@@H]3O[C@H](CO)[C@@H](O)[C@H](O)[C@H]3O[C@@H]3O[C@@H](C)[C@H](O)[C@@H](O)[C@H]3O)C[C@]12C. The predicted octanol–water partition coefficient (Wildman–Crippen LogP) is 3.34. The van der Waals surface area contributed by atoms with E-state index in [2.05, 4.69) is 74.5 Å². The van der Waals surface area contributed by atoms with Crippen LogP contribution < -0.4 is 0 Å². The van der Waals surface area contributed by atoms with E-state index >= 15 is 0 Å². The van der Waals surface area contributed by atoms with Gasteiger partial charge in [0.25, 0.3) is 0 Å². The summed E-state index contributed by atoms with van der Waals surface area (Å²) in [6.45, 7) is 20.7. The summed E-state index contributed by atoms with van der Waals surface area (Å²) in [5.41, 5.74) is 0.114. The summed E-state index contributed by atoms with van der Waals surface area (Å²) in [4.78, 5) is 0. The summed E-state index contributed by atoms with van der Waals surface area (Å²) >= 11 is 0. The fraction of sp³-hybridized carbons (Fsp3) is 0.907. The summed E-state index contributed by atoms with van der Waals surface area (Å²) in [5, 5.41) is 88.7. The van der Waals surface area contributed by atoms with Gasteiger partial charge in [-0.15, -0.1) is 0 Å². The van der Waals surface area contributed by atoms with E-state index in [0.29, 0.717) is 25.7 Å². The number of aliphatic hydroxyl groups excluding tert-OH is 8. The number of ether oxygens (including phenoxy) is 4. The van der Waals surface area contributed by atoms with E-state index in [1.807, 2.05) is 0 Å². The van der Waals surface area contributed by atoms with Crippen LogP contribution in [0, 0.1) is 44.8 Å². The van der Waals surface area contributed by atoms with Crippen molar-refractivity contribution in [1.29, 1.82) is 0 Å². The second-order valence-corrected chi connectivity index (χ2v) is 20.0. The fourth-order valence-corrected chi connectivity index (χ4v) is 13.1. The molecule has 0 aromatic rings. The van der Waals surface area contributed by atoms with Crippen LogP contribution in [0.2, 0.25) is 0 Å². The van der Waals surface area contributed by atoms with Gasteiger partial charge in [0.1, 0.15) is 42.7 Å². The highest BCUT2D eigenvalue weighted by atomic mass is 16.8. The third kappa shape index (κ3) is 6.56. The van der Waals surface area contributed by atoms with Crippen molar-refractivity contribution in [2.24, 2.45) is 44.8 Å². The molecule has 2 heterocycles. The van der Waals surface area contributed by atoms with Crippen LogP contribution in [0.5, 0.6) is 0 Å². The number of fused-ring (bicyclic) bond motifs is 5. The van der Waals surface area contributed by atoms with Gasteiger partial charge >= 0.3 is 0 Å². The molecule has 0 amide bonds. The Morgan fingerprint density at radius 2 is 1.38 bits per heavy atom. The Hall–Kier alpha value is -1.00. The van der Waals surface area contributed by atoms with E-state index in [1.165, 1.54) is 18.1 Å². The van der Waals surface area contributed by atoms with Crippen molar-refractivity contribution in [2.75, 3.05) is 6.61 Å². The lowest BCUT2D eigenvalue weighted by Crippen LogP contribution is -2.75. The first kappa shape index (κ1) is 43.6. The lowest BCUT2D eigenvalue weighted by Gasteiger charge is -2.76. The summed E-state index contributed by atoms with van der Waals surface area (Å²) in [6.07, 6.45) is -6.34. The van der Waals surface area contributed by atoms with Crippen LogP contribution in [-0.4, -0.2) is 127 Å². The Bertz CT molecular complexity index is 1450. The van der Waals surface area contributed by atoms with Crippen molar-refractivity contribution in [3.8, 4) is 0 Å². The third-order valence-electron chi connectivity index (χ3n) is 17.2. The van der Waals surface area contributed by atoms with Gasteiger partial charge in [-0.1, -0.05) is 64.8 Å². The van der Waals surface area contributed by atoms with Crippen molar-refractivity contribution in [2.45, 2.75) is 194 Å². The second-order valence-electron chi connectivity index (χ2n) is 20.0. The lowest BCUT2D eigenvalue weighted by molar-refractivity contribution is -0.392. The molecule has 0 aromatic heterocycles. The Labute approximate surface area is 327 Å². The van der Waals surface area contributed by atoms with Crippen LogP contribution in [0.25, 0.3) is 0 Å². The minimum absolute atomic E-state index is 0.0268. The summed E-state index contributed by atoms with van der Waals surface area (Å²) in [7, 11) is 0. The quantitative estimate of drug-likeness (QED) is 0.132. The molecule has 55 heavy (non-hydrogen) atoms. The molecule has 4 saturated carbocycles. The molecule has 0 radical (unpaired) electrons. The Morgan fingerprint density at radius 1 is 0.727 bits per heavy atom. The molecule has 316 valence electrons. The average molecular weight is 781 g/mol. The van der Waals surface area contributed by atoms with E-state index in [-0.39, 0.29) is 28.6 Å². The van der Waals surface area contributed by atoms with E-state index in [1.54, 1.807) is 0 Å². The molecule has 0 unspecified atom stereocenters. The highest BCUT2D eigenvalue weighted by Crippen LogP contribution is 2.79. The zero-order valence-corrected chi connectivity index (χ0v) is 34.8. The Morgan fingerprint density at radius 3 is 2.02 bits per heavy atom. The van der Waals surface area contributed by atoms with Gasteiger partial charge in [-0.3, -0.25) is 0 Å². The molecule has 6 aliphatic rings. The van der Waals surface area contributed by atoms with Gasteiger partial charge in [0, 0.05) is 5.41 Å². The normalized spacial score (nSPS) is 53.9. The van der Waals surface area contributed by atoms with Crippen molar-refractivity contribution in [3.05, 3.63) is 23.3 Å². The van der Waals surface area contributed by atoms with Crippen LogP contribution in [0.3, 0.4) is 0 Å². The van der Waals surface area contributed by atoms with Gasteiger partial charge in [-0.2, -0.15) is 0 Å². The molecule has 12 heteroatoms. The van der Waals surface area contributed by atoms with Crippen LogP contribution in [0.1, 0.15) is 114 Å². The molecule has 0 spiro atoms. The average Bonchev–Trinajstić information content (AvgIpc) is 3.50. The maximum absolute atomic E-state index is 12.3. The van der Waals surface area contributed by atoms with Crippen LogP contribution in [0.15, 0.2) is 23.3 Å². The summed E-state index contributed by atoms with van der Waals surface area (Å²) < 4.78 is 25.4. The smallest absolute Gasteiger partial charge is 0.187 e. The molecule has 6 fully saturated rings. The van der Waals surface area contributed by atoms with E-state index in [4.69, 9.17) is 18.9 Å². The fourth-order valence-electron chi connectivity index (χ4n) is 13.1. The van der Waals surface area contributed by atoms with E-state index < -0.39 is 103 Å². The van der Waals surface area contributed by atoms with Gasteiger partial charge in [-0.25, -0.2) is 0 Å². The molecule has 4 aliphatic carbocycles. The molecular weight excluding hydrogens is 708 g/mol. The molecule has 2 aliphatic heterocycles. The molecule has 20 atom stereocenters. The second kappa shape index (κ2) is 15.2. The predicted molar refractivity (Wildman–Crippen MR) is 204 cm³/mol. The first-order valence-corrected chi connectivity index (χ1v) is 20.8. The highest BCUT2D eigenvalue weighted by molar-refractivity contribution is 5.26. The first-order chi connectivity index (χ1) is 25.5. The Kier molecular flexibility index (Phi) is 12.1. The molecule has 12 nitrogen and oxygen atoms in total. The molecule has 2 saturated heterocycles. The van der Waals surface area contributed by atoms with Gasteiger partial charge in [-0.05, 0) is 112 Å².